The van der Waals surface area contributed by atoms with Crippen molar-refractivity contribution in [1.29, 1.82) is 0 Å². The Labute approximate surface area is 592 Å². The molecule has 5 aliphatic rings. The van der Waals surface area contributed by atoms with Crippen LogP contribution >= 0.6 is 0 Å². The van der Waals surface area contributed by atoms with Gasteiger partial charge in [-0.1, -0.05) is 218 Å². The van der Waals surface area contributed by atoms with E-state index in [4.69, 9.17) is 80.5 Å². The fourth-order valence-corrected chi connectivity index (χ4v) is 13.4. The van der Waals surface area contributed by atoms with E-state index in [9.17, 15) is 9.90 Å². The predicted molar refractivity (Wildman–Crippen MR) is 371 cm³/mol. The van der Waals surface area contributed by atoms with Gasteiger partial charge in [-0.2, -0.15) is 0 Å². The first kappa shape index (κ1) is 73.8. The van der Waals surface area contributed by atoms with E-state index in [1.807, 2.05) is 226 Å². The lowest BCUT2D eigenvalue weighted by Gasteiger charge is -2.53. The summed E-state index contributed by atoms with van der Waals surface area (Å²) in [5.74, 6) is -1.59. The molecule has 2 N–H and O–H groups in total. The summed E-state index contributed by atoms with van der Waals surface area (Å²) >= 11 is 0. The van der Waals surface area contributed by atoms with Gasteiger partial charge in [-0.25, -0.2) is 0 Å². The van der Waals surface area contributed by atoms with Crippen molar-refractivity contribution in [2.75, 3.05) is 19.8 Å². The third kappa shape index (κ3) is 20.1. The Morgan fingerprint density at radius 3 is 1.28 bits per heavy atom. The van der Waals surface area contributed by atoms with Crippen LogP contribution in [0.25, 0.3) is 0 Å². The van der Waals surface area contributed by atoms with Gasteiger partial charge in [0, 0.05) is 6.92 Å². The molecule has 0 spiro atoms. The first-order valence-electron chi connectivity index (χ1n) is 35.0. The van der Waals surface area contributed by atoms with Crippen molar-refractivity contribution in [1.82, 2.24) is 5.32 Å². The summed E-state index contributed by atoms with van der Waals surface area (Å²) in [6.45, 7) is 13.8. The average molecular weight is 1390 g/mol. The van der Waals surface area contributed by atoms with Gasteiger partial charge in [-0.15, -0.1) is 6.58 Å². The minimum Gasteiger partial charge on any atom is -0.388 e. The highest BCUT2D eigenvalue weighted by Crippen LogP contribution is 2.42. The predicted octanol–water partition coefficient (Wildman–Crippen LogP) is 11.0. The zero-order chi connectivity index (χ0) is 69.9. The Morgan fingerprint density at radius 1 is 0.455 bits per heavy atom. The van der Waals surface area contributed by atoms with Crippen molar-refractivity contribution in [2.45, 2.75) is 209 Å². The van der Waals surface area contributed by atoms with Crippen LogP contribution in [-0.2, 0) is 132 Å². The molecular formula is C81H95NO19. The van der Waals surface area contributed by atoms with Crippen LogP contribution in [0.1, 0.15) is 73.6 Å². The number of benzene rings is 7. The standard InChI is InChI=1S/C81H95NO19/c1-7-43-86-78-75(71(90-48-60-37-23-12-24-38-60)67(53(2)94-78)87-45-57-31-17-9-18-32-57)100-80-76(99-77-65(82-55(4)83)66(84)69-64(96-77)52-93-81(5,6)101-69)73(68(54(3)95-80)88-46-58-33-19-10-20-34-58)98-79-74(92-50-62-41-27-14-28-42-62)72(91-49-61-39-25-13-26-40-61)70(89-47-59-35-21-11-22-36-59)63(97-79)51-85-44-56-29-15-8-16-30-56/h7-42,53-54,63-80,84H,1,43-52H2,2-6H3,(H,82,83)/t53-,54-,63+,64+,65+,66+,67-,68-,69+,70+,71+,72-,73+,74+,75+,76+,77-,78+,79+,80-/m0/s1. The molecule has 0 unspecified atom stereocenters. The molecule has 0 radical (unpaired) electrons. The third-order valence-electron chi connectivity index (χ3n) is 18.5. The van der Waals surface area contributed by atoms with E-state index in [2.05, 4.69) is 11.9 Å². The Bertz CT molecular complexity index is 3560. The first-order chi connectivity index (χ1) is 49.3. The molecule has 7 aromatic rings. The quantitative estimate of drug-likeness (QED) is 0.0376. The van der Waals surface area contributed by atoms with E-state index in [-0.39, 0.29) is 66.1 Å². The summed E-state index contributed by atoms with van der Waals surface area (Å²) in [5.41, 5.74) is 6.30. The van der Waals surface area contributed by atoms with E-state index in [1.165, 1.54) is 6.92 Å². The number of nitrogens with one attached hydrogen (secondary N) is 1. The Kier molecular flexibility index (Phi) is 26.6. The summed E-state index contributed by atoms with van der Waals surface area (Å²) in [7, 11) is 0. The monoisotopic (exact) mass is 1390 g/mol. The lowest BCUT2D eigenvalue weighted by atomic mass is 9.94. The zero-order valence-corrected chi connectivity index (χ0v) is 57.9. The van der Waals surface area contributed by atoms with Gasteiger partial charge >= 0.3 is 0 Å². The van der Waals surface area contributed by atoms with Crippen molar-refractivity contribution in [2.24, 2.45) is 0 Å². The number of hydrogen-bond donors (Lipinski definition) is 2. The third-order valence-corrected chi connectivity index (χ3v) is 18.5. The number of fused-ring (bicyclic) bond motifs is 1. The Morgan fingerprint density at radius 2 is 0.822 bits per heavy atom. The maximum Gasteiger partial charge on any atom is 0.217 e. The second-order valence-corrected chi connectivity index (χ2v) is 26.5. The smallest absolute Gasteiger partial charge is 0.217 e. The van der Waals surface area contributed by atoms with Gasteiger partial charge in [0.1, 0.15) is 85.4 Å². The van der Waals surface area contributed by atoms with Crippen molar-refractivity contribution < 1.29 is 90.4 Å². The van der Waals surface area contributed by atoms with Crippen LogP contribution in [0.4, 0.5) is 0 Å². The van der Waals surface area contributed by atoms with Crippen molar-refractivity contribution in [3.8, 4) is 0 Å². The number of carbonyl (C=O) groups excluding carboxylic acids is 1. The zero-order valence-electron chi connectivity index (χ0n) is 57.9. The number of carbonyl (C=O) groups is 1. The second kappa shape index (κ2) is 36.4. The van der Waals surface area contributed by atoms with Crippen LogP contribution in [0.5, 0.6) is 0 Å². The molecule has 5 aliphatic heterocycles. The fourth-order valence-electron chi connectivity index (χ4n) is 13.4. The molecule has 101 heavy (non-hydrogen) atoms. The molecule has 7 aromatic carbocycles. The maximum atomic E-state index is 13.6. The molecule has 12 rings (SSSR count). The summed E-state index contributed by atoms with van der Waals surface area (Å²) < 4.78 is 120. The SMILES string of the molecule is C=CCO[C@@H]1O[C@@H](C)[C@H](OCc2ccccc2)[C@@H](OCc2ccccc2)[C@H]1O[C@@H]1O[C@@H](C)[C@H](OCc2ccccc2)[C@@H](O[C@H]2O[C@H](COCc3ccccc3)[C@@H](OCc3ccccc3)[C@H](OCc3ccccc3)[C@H]2OCc2ccccc2)[C@H]1O[C@@H]1O[C@@H]2COC(C)(C)O[C@H]2[C@H](O)[C@H]1NC(C)=O. The highest BCUT2D eigenvalue weighted by molar-refractivity contribution is 5.73. The molecule has 5 fully saturated rings. The molecule has 5 heterocycles. The largest absolute Gasteiger partial charge is 0.388 e. The van der Waals surface area contributed by atoms with Gasteiger partial charge in [0.2, 0.25) is 5.91 Å². The molecule has 538 valence electrons. The van der Waals surface area contributed by atoms with Gasteiger partial charge in [0.25, 0.3) is 0 Å². The maximum absolute atomic E-state index is 13.6. The minimum atomic E-state index is -1.50. The van der Waals surface area contributed by atoms with Gasteiger partial charge in [0.05, 0.1) is 78.3 Å². The van der Waals surface area contributed by atoms with Crippen LogP contribution in [0.2, 0.25) is 0 Å². The first-order valence-corrected chi connectivity index (χ1v) is 35.0. The Hall–Kier alpha value is -6.97. The molecule has 20 nitrogen and oxygen atoms in total. The van der Waals surface area contributed by atoms with E-state index < -0.39 is 134 Å². The van der Waals surface area contributed by atoms with Gasteiger partial charge in [0.15, 0.2) is 30.9 Å². The van der Waals surface area contributed by atoms with E-state index in [0.717, 1.165) is 38.9 Å². The molecule has 0 saturated carbocycles. The van der Waals surface area contributed by atoms with E-state index in [0.29, 0.717) is 0 Å². The van der Waals surface area contributed by atoms with Crippen molar-refractivity contribution >= 4 is 5.91 Å². The topological polar surface area (TPSA) is 206 Å². The summed E-state index contributed by atoms with van der Waals surface area (Å²) in [4.78, 5) is 13.6. The lowest BCUT2D eigenvalue weighted by molar-refractivity contribution is -0.417. The fraction of sp³-hybridized carbons (Fsp3) is 0.444. The molecule has 5 saturated heterocycles. The number of aliphatic hydroxyl groups excluding tert-OH is 1. The molecule has 0 bridgehead atoms. The highest BCUT2D eigenvalue weighted by Gasteiger charge is 2.59. The van der Waals surface area contributed by atoms with Crippen molar-refractivity contribution in [3.05, 3.63) is 264 Å². The van der Waals surface area contributed by atoms with E-state index in [1.54, 1.807) is 19.9 Å². The number of ether oxygens (including phenoxy) is 17. The van der Waals surface area contributed by atoms with Crippen LogP contribution in [0.15, 0.2) is 225 Å². The number of hydrogen-bond acceptors (Lipinski definition) is 19. The molecule has 20 heteroatoms. The summed E-state index contributed by atoms with van der Waals surface area (Å²) in [6.07, 6.45) is -19.2. The molecule has 0 aromatic heterocycles. The molecule has 20 atom stereocenters. The molecule has 1 amide bonds. The van der Waals surface area contributed by atoms with E-state index >= 15 is 0 Å². The highest BCUT2D eigenvalue weighted by atomic mass is 16.8. The van der Waals surface area contributed by atoms with Gasteiger partial charge in [-0.3, -0.25) is 4.79 Å². The minimum absolute atomic E-state index is 0.00503. The number of amides is 1. The Balaban J connectivity index is 1.00. The average Bonchev–Trinajstić information content (AvgIpc) is 0.759. The van der Waals surface area contributed by atoms with Crippen LogP contribution < -0.4 is 5.32 Å². The summed E-state index contributed by atoms with van der Waals surface area (Å²) in [6, 6.07) is 67.6. The van der Waals surface area contributed by atoms with Gasteiger partial charge in [-0.05, 0) is 66.6 Å². The normalized spacial score (nSPS) is 31.0. The van der Waals surface area contributed by atoms with Crippen LogP contribution in [-0.4, -0.2) is 159 Å². The molecule has 0 aliphatic carbocycles. The second-order valence-electron chi connectivity index (χ2n) is 26.5. The van der Waals surface area contributed by atoms with Crippen LogP contribution in [0, 0.1) is 0 Å². The van der Waals surface area contributed by atoms with Crippen molar-refractivity contribution in [3.63, 3.8) is 0 Å². The number of aliphatic hydroxyl groups is 1. The lowest BCUT2D eigenvalue weighted by Crippen LogP contribution is -2.71. The van der Waals surface area contributed by atoms with Crippen LogP contribution in [0.3, 0.4) is 0 Å². The molecular weight excluding hydrogens is 1290 g/mol. The summed E-state index contributed by atoms with van der Waals surface area (Å²) in [5, 5.41) is 15.6. The van der Waals surface area contributed by atoms with Gasteiger partial charge < -0.3 is 90.9 Å². The number of rotatable bonds is 32.